The van der Waals surface area contributed by atoms with Gasteiger partial charge >= 0.3 is 18.2 Å². The van der Waals surface area contributed by atoms with E-state index in [0.29, 0.717) is 51.3 Å². The van der Waals surface area contributed by atoms with Crippen molar-refractivity contribution in [2.45, 2.75) is 175 Å². The van der Waals surface area contributed by atoms with Crippen LogP contribution in [0.2, 0.25) is 5.02 Å². The number of amides is 5. The number of likely N-dealkylation sites (tertiary alicyclic amines) is 2. The third-order valence-electron chi connectivity index (χ3n) is 17.6. The highest BCUT2D eigenvalue weighted by Crippen LogP contribution is 2.47. The maximum atomic E-state index is 17.9. The fourth-order valence-corrected chi connectivity index (χ4v) is 14.5. The van der Waals surface area contributed by atoms with Crippen LogP contribution in [0.4, 0.5) is 29.2 Å². The number of carbonyl (C=O) groups is 5. The van der Waals surface area contributed by atoms with E-state index in [-0.39, 0.29) is 110 Å². The fraction of sp³-hybridized carbons (Fsp3) is 0.514. The molecule has 0 aliphatic carbocycles. The summed E-state index contributed by atoms with van der Waals surface area (Å²) in [7, 11) is 0. The molecule has 6 heterocycles. The number of β-amino-alcohol motifs (C(OH)–C–C–N with tert-alkyl or cyclic N) is 1. The summed E-state index contributed by atoms with van der Waals surface area (Å²) in [5, 5.41) is 30.1. The van der Waals surface area contributed by atoms with E-state index < -0.39 is 76.3 Å². The molecule has 0 spiro atoms. The molecule has 0 radical (unpaired) electrons. The van der Waals surface area contributed by atoms with Crippen molar-refractivity contribution in [3.8, 4) is 34.3 Å². The number of thiophene rings is 1. The van der Waals surface area contributed by atoms with Crippen LogP contribution < -0.4 is 25.6 Å². The van der Waals surface area contributed by atoms with Crippen molar-refractivity contribution in [1.29, 1.82) is 5.26 Å². The van der Waals surface area contributed by atoms with E-state index in [1.54, 1.807) is 31.7 Å². The third kappa shape index (κ3) is 15.6. The number of aliphatic hydroxyl groups excluding tert-OH is 1. The summed E-state index contributed by atoms with van der Waals surface area (Å²) in [5.74, 6) is -2.48. The number of halogens is 3. The Morgan fingerprint density at radius 2 is 1.57 bits per heavy atom. The number of piperazine rings is 1. The van der Waals surface area contributed by atoms with Crippen molar-refractivity contribution in [3.05, 3.63) is 100 Å². The second-order valence-corrected chi connectivity index (χ2v) is 29.5. The second-order valence-electron chi connectivity index (χ2n) is 28.1. The zero-order chi connectivity index (χ0) is 67.7. The van der Waals surface area contributed by atoms with Crippen LogP contribution in [0.5, 0.6) is 6.01 Å². The number of hydrogen-bond donors (Lipinski definition) is 4. The summed E-state index contributed by atoms with van der Waals surface area (Å²) in [6.07, 6.45) is 1.56. The third-order valence-corrected chi connectivity index (χ3v) is 19.0. The monoisotopic (exact) mass is 1330 g/mol. The number of nitrogens with one attached hydrogen (secondary N) is 3. The first-order valence-electron chi connectivity index (χ1n) is 32.3. The van der Waals surface area contributed by atoms with Gasteiger partial charge in [-0.2, -0.15) is 15.2 Å². The molecule has 20 nitrogen and oxygen atoms in total. The number of hydrogen-bond acceptors (Lipinski definition) is 16. The van der Waals surface area contributed by atoms with Crippen molar-refractivity contribution in [3.63, 3.8) is 0 Å². The van der Waals surface area contributed by atoms with Crippen LogP contribution in [0, 0.1) is 35.3 Å². The number of fused-ring (bicyclic) bond motifs is 4. The molecule has 4 aliphatic heterocycles. The van der Waals surface area contributed by atoms with Crippen LogP contribution in [0.3, 0.4) is 0 Å². The van der Waals surface area contributed by atoms with Crippen LogP contribution in [-0.4, -0.2) is 160 Å². The minimum Gasteiger partial charge on any atom is -0.462 e. The molecule has 502 valence electrons. The highest BCUT2D eigenvalue weighted by atomic mass is 35.5. The smallest absolute Gasteiger partial charge is 0.412 e. The molecule has 4 N–H and O–H groups in total. The summed E-state index contributed by atoms with van der Waals surface area (Å²) in [6.45, 7) is 22.6. The van der Waals surface area contributed by atoms with Gasteiger partial charge in [0.2, 0.25) is 17.7 Å². The Labute approximate surface area is 556 Å². The normalized spacial score (nSPS) is 19.9. The van der Waals surface area contributed by atoms with Gasteiger partial charge < -0.3 is 44.5 Å². The van der Waals surface area contributed by atoms with Gasteiger partial charge in [0.25, 0.3) is 0 Å². The number of nitriles is 1. The van der Waals surface area contributed by atoms with E-state index in [0.717, 1.165) is 59.0 Å². The first kappa shape index (κ1) is 69.1. The van der Waals surface area contributed by atoms with E-state index in [1.165, 1.54) is 11.0 Å². The van der Waals surface area contributed by atoms with E-state index in [1.807, 2.05) is 89.8 Å². The van der Waals surface area contributed by atoms with Gasteiger partial charge in [0.05, 0.1) is 46.1 Å². The second kappa shape index (κ2) is 28.3. The molecule has 4 aromatic carbocycles. The summed E-state index contributed by atoms with van der Waals surface area (Å²) >= 11 is 7.92. The lowest BCUT2D eigenvalue weighted by atomic mass is 9.85. The Bertz CT molecular complexity index is 3870. The fourth-order valence-electron chi connectivity index (χ4n) is 13.2. The molecule has 10 rings (SSSR count). The molecule has 4 fully saturated rings. The van der Waals surface area contributed by atoms with E-state index in [9.17, 15) is 34.3 Å². The minimum absolute atomic E-state index is 0.00771. The standard InChI is InChI=1S/C70H85ClF2N10O10S/c1-39-16-12-13-18-47(39)42-21-19-41(20-22-42)40(2)75-62(86)53-32-46(84)37-82(53)64(87)60(68(3,4)5)76-54(85)27-31-90-30-15-29-80-28-14-17-45(80)38-91-65-77-58-49(61(78-65)81-35-43-23-24-44(36-81)83(43)67(89)93-70(9,10)11)33-51(71)56(57(58)73)48-25-26-52(72)59-55(48)50(34-74)63(94-59)79-66(88)92-69(6,7)8/h12-13,16,18-22,25-26,33,40,43-46,53,60,84H,14-15,17,23-24,27-32,35-38H2,1-11H3,(H,75,86)(H,76,85)(H,79,88)/t40-,43?,44?,45-,46+,53-,60+/m0/s1. The van der Waals surface area contributed by atoms with Gasteiger partial charge in [-0.3, -0.25) is 29.5 Å². The van der Waals surface area contributed by atoms with Crippen molar-refractivity contribution >= 4 is 84.7 Å². The summed E-state index contributed by atoms with van der Waals surface area (Å²) in [5.41, 5.74) is 1.57. The molecule has 2 unspecified atom stereocenters. The molecule has 7 atom stereocenters. The number of anilines is 2. The first-order valence-corrected chi connectivity index (χ1v) is 33.5. The zero-order valence-electron chi connectivity index (χ0n) is 55.3. The van der Waals surface area contributed by atoms with Gasteiger partial charge in [-0.1, -0.05) is 87.0 Å². The summed E-state index contributed by atoms with van der Waals surface area (Å²) in [4.78, 5) is 85.4. The van der Waals surface area contributed by atoms with Gasteiger partial charge in [0.15, 0.2) is 5.82 Å². The topological polar surface area (TPSA) is 241 Å². The number of aromatic nitrogens is 2. The van der Waals surface area contributed by atoms with Gasteiger partial charge in [0.1, 0.15) is 58.1 Å². The number of ether oxygens (including phenoxy) is 4. The minimum atomic E-state index is -0.997. The molecule has 4 saturated heterocycles. The van der Waals surface area contributed by atoms with Crippen molar-refractivity contribution in [2.75, 3.05) is 62.8 Å². The van der Waals surface area contributed by atoms with Crippen LogP contribution >= 0.6 is 22.9 Å². The van der Waals surface area contributed by atoms with Gasteiger partial charge in [-0.25, -0.2) is 18.4 Å². The maximum Gasteiger partial charge on any atom is 0.412 e. The largest absolute Gasteiger partial charge is 0.462 e. The van der Waals surface area contributed by atoms with Crippen molar-refractivity contribution in [2.24, 2.45) is 5.41 Å². The van der Waals surface area contributed by atoms with Gasteiger partial charge in [-0.15, -0.1) is 11.3 Å². The van der Waals surface area contributed by atoms with Crippen LogP contribution in [-0.2, 0) is 28.6 Å². The first-order chi connectivity index (χ1) is 44.5. The molecule has 0 saturated carbocycles. The highest BCUT2D eigenvalue weighted by molar-refractivity contribution is 7.23. The number of carbonyl (C=O) groups excluding carboxylic acids is 5. The molecule has 4 aliphatic rings. The van der Waals surface area contributed by atoms with Gasteiger partial charge in [0, 0.05) is 68.0 Å². The number of nitrogens with zero attached hydrogens (tertiary/aromatic N) is 7. The number of aryl methyl sites for hydroxylation is 1. The Morgan fingerprint density at radius 3 is 2.24 bits per heavy atom. The Balaban J connectivity index is 0.786. The molecular formula is C70H85ClF2N10O10S. The van der Waals surface area contributed by atoms with Gasteiger partial charge in [-0.05, 0) is 139 Å². The summed E-state index contributed by atoms with van der Waals surface area (Å²) < 4.78 is 57.3. The van der Waals surface area contributed by atoms with E-state index >= 15 is 8.78 Å². The Kier molecular flexibility index (Phi) is 20.8. The lowest BCUT2D eigenvalue weighted by molar-refractivity contribution is -0.144. The predicted octanol–water partition coefficient (Wildman–Crippen LogP) is 12.2. The number of benzene rings is 4. The average Bonchev–Trinajstić information content (AvgIpc) is 1.30. The Hall–Kier alpha value is -7.75. The lowest BCUT2D eigenvalue weighted by Gasteiger charge is -2.42. The molecule has 2 bridgehead atoms. The number of rotatable bonds is 19. The van der Waals surface area contributed by atoms with Crippen LogP contribution in [0.1, 0.15) is 137 Å². The van der Waals surface area contributed by atoms with Crippen LogP contribution in [0.15, 0.2) is 66.7 Å². The lowest BCUT2D eigenvalue weighted by Crippen LogP contribution is -2.58. The van der Waals surface area contributed by atoms with Crippen LogP contribution in [0.25, 0.3) is 43.2 Å². The van der Waals surface area contributed by atoms with E-state index in [4.69, 9.17) is 40.5 Å². The SMILES string of the molecule is Cc1ccccc1-c1ccc([C@H](C)NC(=O)[C@@H]2C[C@@H](O)CN2C(=O)[C@@H](NC(=O)CCOCCCN2CCC[C@H]2COc2nc(N3CC4CCC(C3)N4C(=O)OC(C)(C)C)c3cc(Cl)c(-c4ccc(F)c5sc(NC(=O)OC(C)(C)C)c(C#N)c45)c(F)c3n2)C(C)(C)C)cc1. The van der Waals surface area contributed by atoms with Crippen molar-refractivity contribution < 1.29 is 56.8 Å². The molecule has 6 aromatic rings. The average molecular weight is 1330 g/mol. The predicted molar refractivity (Wildman–Crippen MR) is 358 cm³/mol. The Morgan fingerprint density at radius 1 is 0.872 bits per heavy atom. The zero-order valence-corrected chi connectivity index (χ0v) is 56.9. The molecule has 2 aromatic heterocycles. The molecular weight excluding hydrogens is 1250 g/mol. The summed E-state index contributed by atoms with van der Waals surface area (Å²) in [6, 6.07) is 19.2. The van der Waals surface area contributed by atoms with E-state index in [2.05, 4.69) is 46.0 Å². The molecule has 5 amide bonds. The quantitative estimate of drug-likeness (QED) is 0.0551. The van der Waals surface area contributed by atoms with Crippen molar-refractivity contribution in [1.82, 2.24) is 35.3 Å². The molecule has 24 heteroatoms. The number of aliphatic hydroxyl groups is 1. The highest BCUT2D eigenvalue weighted by Gasteiger charge is 2.47. The molecule has 94 heavy (non-hydrogen) atoms. The maximum absolute atomic E-state index is 17.9.